The predicted octanol–water partition coefficient (Wildman–Crippen LogP) is -20.2. The summed E-state index contributed by atoms with van der Waals surface area (Å²) in [6.07, 6.45) is -89.3. The maximum absolute atomic E-state index is 13.3. The molecule has 0 unspecified atom stereocenters. The van der Waals surface area contributed by atoms with Crippen molar-refractivity contribution in [2.24, 2.45) is 0 Å². The van der Waals surface area contributed by atoms with Gasteiger partial charge < -0.3 is 224 Å². The van der Waals surface area contributed by atoms with Crippen LogP contribution in [0.15, 0.2) is 0 Å². The average molecular weight is 1720 g/mol. The van der Waals surface area contributed by atoms with Crippen molar-refractivity contribution in [3.8, 4) is 0 Å². The normalized spacial score (nSPS) is 47.8. The standard InChI is InChI=1S/C62H104N4O49S/c1-14(74)63-27-35(82)47(21(8-70)100-54(27)94)109-55-28(64-15(2)75)37(84)49(23(10-72)104-55)112-61-46(93)52(34(81)25(107-61)12-98-58-42(89)39(86)31(78)18(5-67)101-58)114-62-53(115-57-30(66-17(4)77)38(85)51(26(108-57)13-99-116(95,96)97)113-60-44(91)41(88)33(80)20(7-69)103-60)45(92)50(24(11-73)106-62)110-56-29(65-16(3)76)36(83)48(22(9-71)105-56)111-59-43(90)40(87)32(79)19(6-68)102-59/h18-62,67-73,78-94H,5-13H2,1-4H3,(H,63,74)(H,64,75)(H,65,76)(H,66,77)(H,95,96,97)/t18-,19-,20-,21-,22-,23-,24-,25-,26-,27-,28-,29-,30-,31-,32+,33+,34-,35-,36-,37-,38-,39+,40+,41+,42+,43-,44-,45+,46+,47-,48-,49-,50-,51-,52+,53+,54-,55+,56+,57+,58+,59+,60+,61+,62-/m1/s1. The molecule has 0 spiro atoms. The third-order valence-corrected chi connectivity index (χ3v) is 21.0. The number of carbonyl (C=O) groups is 4. The summed E-state index contributed by atoms with van der Waals surface area (Å²) in [6.45, 7) is -6.92. The van der Waals surface area contributed by atoms with E-state index in [9.17, 15) is 155 Å². The van der Waals surface area contributed by atoms with Gasteiger partial charge in [-0.1, -0.05) is 0 Å². The number of hydrogen-bond donors (Lipinski definition) is 29. The van der Waals surface area contributed by atoms with Crippen molar-refractivity contribution in [1.29, 1.82) is 0 Å². The van der Waals surface area contributed by atoms with Crippen LogP contribution in [0.2, 0.25) is 0 Å². The maximum atomic E-state index is 13.3. The van der Waals surface area contributed by atoms with Crippen molar-refractivity contribution < 1.29 is 239 Å². The SMILES string of the molecule is CC(=O)N[C@@H]1[C@@H](O)[C@H](O[C@@H]2O[C@H](CO)[C@@H](O[C@@H]3O[C@H](CO[C@H]4O[C@H](CO)[C@@H](O)[C@H](O)[C@@H]4O)[C@@H](O)[C@H](O[C@H]4O[C@H](CO)[C@@H](O[C@@H]5O[C@H](CO)[C@@H](O[C@@H]6O[C@H](CO)[C@H](O)[C@H](O)[C@H]6O)[C@H](O)[C@H]5NC(C)=O)[C@H](O)[C@@H]4O[C@@H]4O[C@H](COS(=O)(=O)O)[C@@H](O[C@@H]5O[C@H](CO)[C@H](O)[C@H](O)[C@H]5O)[C@H](O)[C@H]4NC(C)=O)[C@@H]3O)[C@H](O)[C@H]2NC(C)=O)[C@@H](CO)O[C@H]1O. The van der Waals surface area contributed by atoms with Gasteiger partial charge in [-0.25, -0.2) is 4.18 Å². The van der Waals surface area contributed by atoms with Gasteiger partial charge in [-0.05, 0) is 0 Å². The molecule has 0 aromatic carbocycles. The molecule has 672 valence electrons. The van der Waals surface area contributed by atoms with Crippen LogP contribution in [0.1, 0.15) is 27.7 Å². The number of rotatable bonds is 31. The minimum absolute atomic E-state index is 0.802. The first-order valence-electron chi connectivity index (χ1n) is 36.3. The molecule has 116 heavy (non-hydrogen) atoms. The molecule has 4 amide bonds. The van der Waals surface area contributed by atoms with Gasteiger partial charge in [-0.3, -0.25) is 23.7 Å². The minimum Gasteiger partial charge on any atom is -0.394 e. The van der Waals surface area contributed by atoms with Crippen LogP contribution < -0.4 is 21.3 Å². The van der Waals surface area contributed by atoms with Crippen molar-refractivity contribution in [2.75, 3.05) is 59.5 Å². The molecule has 54 heteroatoms. The molecule has 0 aromatic rings. The molecule has 0 aliphatic carbocycles. The molecule has 9 rings (SSSR count). The molecule has 9 aliphatic heterocycles. The topological polar surface area (TPSA) is 822 Å². The van der Waals surface area contributed by atoms with E-state index in [1.54, 1.807) is 0 Å². The third-order valence-electron chi connectivity index (χ3n) is 20.6. The van der Waals surface area contributed by atoms with Gasteiger partial charge in [0.05, 0.1) is 59.5 Å². The fraction of sp³-hybridized carbons (Fsp3) is 0.935. The monoisotopic (exact) mass is 1720 g/mol. The van der Waals surface area contributed by atoms with Gasteiger partial charge in [0.15, 0.2) is 56.6 Å². The molecule has 0 radical (unpaired) electrons. The molecule has 53 nitrogen and oxygen atoms in total. The van der Waals surface area contributed by atoms with E-state index in [0.29, 0.717) is 0 Å². The Labute approximate surface area is 656 Å². The van der Waals surface area contributed by atoms with Crippen LogP contribution in [0, 0.1) is 0 Å². The summed E-state index contributed by atoms with van der Waals surface area (Å²) in [5.41, 5.74) is 0. The smallest absolute Gasteiger partial charge is 0.394 e. The van der Waals surface area contributed by atoms with Gasteiger partial charge in [0.1, 0.15) is 219 Å². The van der Waals surface area contributed by atoms with Gasteiger partial charge in [0.2, 0.25) is 23.6 Å². The zero-order valence-corrected chi connectivity index (χ0v) is 62.5. The summed E-state index contributed by atoms with van der Waals surface area (Å²) in [5, 5.41) is 276. The van der Waals surface area contributed by atoms with E-state index < -0.39 is 370 Å². The van der Waals surface area contributed by atoms with E-state index in [4.69, 9.17) is 80.5 Å². The molecular formula is C62H104N4O49S. The summed E-state index contributed by atoms with van der Waals surface area (Å²) in [7, 11) is -5.59. The molecular weight excluding hydrogens is 1620 g/mol. The molecule has 0 aromatic heterocycles. The minimum atomic E-state index is -5.59. The van der Waals surface area contributed by atoms with Crippen LogP contribution in [0.4, 0.5) is 0 Å². The average Bonchev–Trinajstić information content (AvgIpc) is 0.761. The largest absolute Gasteiger partial charge is 0.397 e. The molecule has 0 bridgehead atoms. The summed E-state index contributed by atoms with van der Waals surface area (Å²) in [4.78, 5) is 51.5. The summed E-state index contributed by atoms with van der Waals surface area (Å²) >= 11 is 0. The molecule has 9 heterocycles. The van der Waals surface area contributed by atoms with Crippen LogP contribution in [0.3, 0.4) is 0 Å². The number of carbonyl (C=O) groups excluding carboxylic acids is 4. The molecule has 45 atom stereocenters. The highest BCUT2D eigenvalue weighted by Crippen LogP contribution is 2.41. The van der Waals surface area contributed by atoms with Crippen LogP contribution in [0.25, 0.3) is 0 Å². The lowest BCUT2D eigenvalue weighted by Gasteiger charge is -2.52. The predicted molar refractivity (Wildman–Crippen MR) is 354 cm³/mol. The van der Waals surface area contributed by atoms with Gasteiger partial charge in [0.25, 0.3) is 0 Å². The lowest BCUT2D eigenvalue weighted by molar-refractivity contribution is -0.406. The van der Waals surface area contributed by atoms with Crippen molar-refractivity contribution in [1.82, 2.24) is 21.3 Å². The zero-order chi connectivity index (χ0) is 85.7. The Kier molecular flexibility index (Phi) is 34.3. The van der Waals surface area contributed by atoms with Crippen LogP contribution in [-0.2, 0) is 114 Å². The lowest BCUT2D eigenvalue weighted by Crippen LogP contribution is -2.71. The van der Waals surface area contributed by atoms with E-state index in [-0.39, 0.29) is 0 Å². The van der Waals surface area contributed by atoms with E-state index >= 15 is 0 Å². The summed E-state index contributed by atoms with van der Waals surface area (Å²) in [5.74, 6) is -3.89. The second kappa shape index (κ2) is 41.5. The second-order valence-electron chi connectivity index (χ2n) is 28.7. The Bertz CT molecular complexity index is 3240. The quantitative estimate of drug-likeness (QED) is 0.0287. The first-order valence-corrected chi connectivity index (χ1v) is 37.7. The Morgan fingerprint density at radius 2 is 0.543 bits per heavy atom. The van der Waals surface area contributed by atoms with Gasteiger partial charge >= 0.3 is 10.4 Å². The molecule has 9 aliphatic rings. The highest BCUT2D eigenvalue weighted by atomic mass is 32.3. The second-order valence-corrected chi connectivity index (χ2v) is 29.8. The Balaban J connectivity index is 1.12. The zero-order valence-electron chi connectivity index (χ0n) is 61.7. The van der Waals surface area contributed by atoms with Crippen molar-refractivity contribution in [3.63, 3.8) is 0 Å². The van der Waals surface area contributed by atoms with Crippen molar-refractivity contribution in [2.45, 2.75) is 304 Å². The van der Waals surface area contributed by atoms with E-state index in [0.717, 1.165) is 27.7 Å². The molecule has 9 fully saturated rings. The van der Waals surface area contributed by atoms with Crippen LogP contribution >= 0.6 is 0 Å². The van der Waals surface area contributed by atoms with E-state index in [1.807, 2.05) is 0 Å². The summed E-state index contributed by atoms with van der Waals surface area (Å²) in [6, 6.07) is -7.88. The first-order chi connectivity index (χ1) is 54.6. The van der Waals surface area contributed by atoms with Crippen molar-refractivity contribution in [3.05, 3.63) is 0 Å². The molecule has 0 saturated carbocycles. The number of amides is 4. The maximum Gasteiger partial charge on any atom is 0.397 e. The van der Waals surface area contributed by atoms with Crippen LogP contribution in [0.5, 0.6) is 0 Å². The fourth-order valence-electron chi connectivity index (χ4n) is 14.6. The number of aliphatic hydroxyl groups is 24. The highest BCUT2D eigenvalue weighted by Gasteiger charge is 2.62. The Morgan fingerprint density at radius 1 is 0.267 bits per heavy atom. The lowest BCUT2D eigenvalue weighted by atomic mass is 9.93. The molecule has 9 saturated heterocycles. The number of aliphatic hydroxyl groups excluding tert-OH is 24. The first kappa shape index (κ1) is 95.9. The van der Waals surface area contributed by atoms with E-state index in [1.165, 1.54) is 0 Å². The highest BCUT2D eigenvalue weighted by molar-refractivity contribution is 7.80. The van der Waals surface area contributed by atoms with Gasteiger partial charge in [0, 0.05) is 27.7 Å². The number of nitrogens with one attached hydrogen (secondary N) is 4. The Morgan fingerprint density at radius 3 is 0.922 bits per heavy atom. The molecule has 29 N–H and O–H groups in total. The third kappa shape index (κ3) is 21.8. The van der Waals surface area contributed by atoms with Gasteiger partial charge in [-0.15, -0.1) is 0 Å². The van der Waals surface area contributed by atoms with Gasteiger partial charge in [-0.2, -0.15) is 8.42 Å². The van der Waals surface area contributed by atoms with Crippen LogP contribution in [-0.4, -0.2) is 495 Å². The fourth-order valence-corrected chi connectivity index (χ4v) is 14.9. The van der Waals surface area contributed by atoms with Crippen molar-refractivity contribution >= 4 is 34.0 Å². The Hall–Kier alpha value is -3.89. The van der Waals surface area contributed by atoms with E-state index in [2.05, 4.69) is 25.5 Å². The number of ether oxygens (including phenoxy) is 17. The number of hydrogen-bond acceptors (Lipinski definition) is 48. The summed E-state index contributed by atoms with van der Waals surface area (Å²) < 4.78 is 140.